The molecular formula is C26H25N5O4S. The van der Waals surface area contributed by atoms with Gasteiger partial charge in [-0.25, -0.2) is 13.4 Å². The van der Waals surface area contributed by atoms with Gasteiger partial charge in [0.25, 0.3) is 15.9 Å². The highest BCUT2D eigenvalue weighted by molar-refractivity contribution is 7.93. The topological polar surface area (TPSA) is 114 Å². The molecule has 10 heteroatoms. The molecule has 0 radical (unpaired) electrons. The van der Waals surface area contributed by atoms with Gasteiger partial charge in [-0.1, -0.05) is 18.2 Å². The van der Waals surface area contributed by atoms with E-state index in [-0.39, 0.29) is 16.8 Å². The third-order valence-electron chi connectivity index (χ3n) is 6.10. The van der Waals surface area contributed by atoms with Crippen LogP contribution in [0.15, 0.2) is 78.0 Å². The van der Waals surface area contributed by atoms with E-state index in [1.807, 2.05) is 24.3 Å². The molecule has 36 heavy (non-hydrogen) atoms. The molecule has 1 saturated heterocycles. The van der Waals surface area contributed by atoms with Crippen LogP contribution in [0.1, 0.15) is 15.9 Å². The van der Waals surface area contributed by atoms with E-state index < -0.39 is 10.0 Å². The number of hydrogen-bond donors (Lipinski definition) is 2. The first-order valence-corrected chi connectivity index (χ1v) is 12.9. The summed E-state index contributed by atoms with van der Waals surface area (Å²) in [7, 11) is -2.32. The lowest BCUT2D eigenvalue weighted by atomic mass is 10.0. The molecule has 2 aromatic heterocycles. The summed E-state index contributed by atoms with van der Waals surface area (Å²) in [6.45, 7) is 2.85. The van der Waals surface area contributed by atoms with Crippen LogP contribution in [0.2, 0.25) is 0 Å². The lowest BCUT2D eigenvalue weighted by molar-refractivity contribution is 0.0625. The fourth-order valence-electron chi connectivity index (χ4n) is 4.21. The minimum absolute atomic E-state index is 0.0912. The van der Waals surface area contributed by atoms with Crippen LogP contribution in [-0.2, 0) is 10.0 Å². The smallest absolute Gasteiger partial charge is 0.264 e. The molecule has 184 valence electrons. The number of sulfonamides is 1. The lowest BCUT2D eigenvalue weighted by Gasteiger charge is -2.40. The van der Waals surface area contributed by atoms with Crippen molar-refractivity contribution in [1.82, 2.24) is 14.9 Å². The summed E-state index contributed by atoms with van der Waals surface area (Å²) < 4.78 is 34.2. The monoisotopic (exact) mass is 503 g/mol. The molecule has 2 N–H and O–H groups in total. The van der Waals surface area contributed by atoms with E-state index in [2.05, 4.69) is 20.0 Å². The molecule has 0 bridgehead atoms. The number of likely N-dealkylation sites (tertiary alicyclic amines) is 1. The molecule has 0 saturated carbocycles. The molecule has 0 aliphatic carbocycles. The number of nitrogens with one attached hydrogen (secondary N) is 2. The Kier molecular flexibility index (Phi) is 6.19. The Morgan fingerprint density at radius 2 is 1.75 bits per heavy atom. The van der Waals surface area contributed by atoms with Gasteiger partial charge >= 0.3 is 0 Å². The summed E-state index contributed by atoms with van der Waals surface area (Å²) in [5.74, 6) is 0.400. The zero-order chi connectivity index (χ0) is 25.3. The van der Waals surface area contributed by atoms with Gasteiger partial charge < -0.3 is 15.0 Å². The Morgan fingerprint density at radius 3 is 2.53 bits per heavy atom. The molecule has 0 spiro atoms. The quantitative estimate of drug-likeness (QED) is 0.395. The number of pyridine rings is 2. The SMILES string of the molecule is COc1ncccc1NC1CN(C(=O)c2ccc(NS(=O)(=O)c3cccc4cccnc34)c(C)c2)C1. The Labute approximate surface area is 209 Å². The second-order valence-electron chi connectivity index (χ2n) is 8.58. The van der Waals surface area contributed by atoms with Crippen molar-refractivity contribution in [2.75, 3.05) is 30.2 Å². The van der Waals surface area contributed by atoms with Crippen LogP contribution in [0.4, 0.5) is 11.4 Å². The molecule has 9 nitrogen and oxygen atoms in total. The number of para-hydroxylation sites is 1. The molecule has 5 rings (SSSR count). The molecular weight excluding hydrogens is 478 g/mol. The highest BCUT2D eigenvalue weighted by atomic mass is 32.2. The normalized spacial score (nSPS) is 13.8. The molecule has 2 aromatic carbocycles. The van der Waals surface area contributed by atoms with Crippen LogP contribution in [0.25, 0.3) is 10.9 Å². The van der Waals surface area contributed by atoms with Gasteiger partial charge in [-0.3, -0.25) is 14.5 Å². The van der Waals surface area contributed by atoms with Gasteiger partial charge in [0.2, 0.25) is 5.88 Å². The maximum Gasteiger partial charge on any atom is 0.264 e. The average molecular weight is 504 g/mol. The van der Waals surface area contributed by atoms with E-state index in [1.165, 1.54) is 6.07 Å². The van der Waals surface area contributed by atoms with Crippen LogP contribution in [0, 0.1) is 6.92 Å². The third kappa shape index (κ3) is 4.55. The number of amides is 1. The van der Waals surface area contributed by atoms with Gasteiger partial charge in [-0.2, -0.15) is 0 Å². The van der Waals surface area contributed by atoms with E-state index >= 15 is 0 Å². The standard InChI is InChI=1S/C26H25N5O4S/c1-17-14-19(26(32)31-15-20(16-31)29-22-8-5-13-28-25(22)35-2)10-11-21(17)30-36(33,34)23-9-3-6-18-7-4-12-27-24(18)23/h3-14,20,29-30H,15-16H2,1-2H3. The second kappa shape index (κ2) is 9.46. The number of aryl methyl sites for hydroxylation is 1. The molecule has 1 aliphatic heterocycles. The zero-order valence-corrected chi connectivity index (χ0v) is 20.6. The van der Waals surface area contributed by atoms with Crippen molar-refractivity contribution in [3.05, 3.63) is 84.2 Å². The minimum atomic E-state index is -3.88. The Hall–Kier alpha value is -4.18. The van der Waals surface area contributed by atoms with Crippen LogP contribution in [0.3, 0.4) is 0 Å². The average Bonchev–Trinajstić information content (AvgIpc) is 2.86. The number of hydrogen-bond acceptors (Lipinski definition) is 7. The van der Waals surface area contributed by atoms with E-state index in [0.29, 0.717) is 41.3 Å². The Morgan fingerprint density at radius 1 is 1.00 bits per heavy atom. The van der Waals surface area contributed by atoms with Crippen molar-refractivity contribution < 1.29 is 17.9 Å². The first-order valence-electron chi connectivity index (χ1n) is 11.4. The molecule has 4 aromatic rings. The van der Waals surface area contributed by atoms with E-state index in [9.17, 15) is 13.2 Å². The van der Waals surface area contributed by atoms with Crippen molar-refractivity contribution >= 4 is 38.2 Å². The summed E-state index contributed by atoms with van der Waals surface area (Å²) >= 11 is 0. The van der Waals surface area contributed by atoms with Gasteiger partial charge in [-0.05, 0) is 55.0 Å². The minimum Gasteiger partial charge on any atom is -0.480 e. The first-order chi connectivity index (χ1) is 17.4. The molecule has 1 amide bonds. The summed E-state index contributed by atoms with van der Waals surface area (Å²) in [5.41, 5.74) is 2.74. The van der Waals surface area contributed by atoms with Crippen molar-refractivity contribution in [2.24, 2.45) is 0 Å². The second-order valence-corrected chi connectivity index (χ2v) is 10.2. The van der Waals surface area contributed by atoms with Crippen LogP contribution in [-0.4, -0.2) is 55.4 Å². The Bertz CT molecular complexity index is 1550. The zero-order valence-electron chi connectivity index (χ0n) is 19.8. The number of fused-ring (bicyclic) bond motifs is 1. The fraction of sp³-hybridized carbons (Fsp3) is 0.192. The van der Waals surface area contributed by atoms with E-state index in [0.717, 1.165) is 11.1 Å². The maximum absolute atomic E-state index is 13.1. The number of nitrogens with zero attached hydrogens (tertiary/aromatic N) is 3. The largest absolute Gasteiger partial charge is 0.480 e. The van der Waals surface area contributed by atoms with E-state index in [1.54, 1.807) is 61.7 Å². The molecule has 0 unspecified atom stereocenters. The molecule has 0 atom stereocenters. The molecule has 1 aliphatic rings. The maximum atomic E-state index is 13.1. The van der Waals surface area contributed by atoms with E-state index in [4.69, 9.17) is 4.74 Å². The van der Waals surface area contributed by atoms with Crippen LogP contribution in [0.5, 0.6) is 5.88 Å². The van der Waals surface area contributed by atoms with Gasteiger partial charge in [-0.15, -0.1) is 0 Å². The summed E-state index contributed by atoms with van der Waals surface area (Å²) in [4.78, 5) is 23.2. The lowest BCUT2D eigenvalue weighted by Crippen LogP contribution is -2.57. The summed E-state index contributed by atoms with van der Waals surface area (Å²) in [6, 6.07) is 17.4. The van der Waals surface area contributed by atoms with Crippen molar-refractivity contribution in [2.45, 2.75) is 17.9 Å². The predicted octanol–water partition coefficient (Wildman–Crippen LogP) is 3.68. The van der Waals surface area contributed by atoms with Gasteiger partial charge in [0.15, 0.2) is 0 Å². The van der Waals surface area contributed by atoms with Gasteiger partial charge in [0, 0.05) is 36.4 Å². The van der Waals surface area contributed by atoms with Crippen molar-refractivity contribution in [3.63, 3.8) is 0 Å². The number of rotatable bonds is 7. The number of ether oxygens (including phenoxy) is 1. The molecule has 3 heterocycles. The van der Waals surface area contributed by atoms with Crippen LogP contribution < -0.4 is 14.8 Å². The van der Waals surface area contributed by atoms with Gasteiger partial charge in [0.1, 0.15) is 4.90 Å². The van der Waals surface area contributed by atoms with Crippen LogP contribution >= 0.6 is 0 Å². The number of aromatic nitrogens is 2. The highest BCUT2D eigenvalue weighted by Gasteiger charge is 2.32. The molecule has 1 fully saturated rings. The summed E-state index contributed by atoms with van der Waals surface area (Å²) in [5, 5.41) is 4.08. The number of benzene rings is 2. The summed E-state index contributed by atoms with van der Waals surface area (Å²) in [6.07, 6.45) is 3.22. The number of carbonyl (C=O) groups is 1. The van der Waals surface area contributed by atoms with Gasteiger partial charge in [0.05, 0.1) is 30.0 Å². The Balaban J connectivity index is 1.27. The number of carbonyl (C=O) groups excluding carboxylic acids is 1. The van der Waals surface area contributed by atoms with Crippen molar-refractivity contribution in [1.29, 1.82) is 0 Å². The third-order valence-corrected chi connectivity index (χ3v) is 7.49. The highest BCUT2D eigenvalue weighted by Crippen LogP contribution is 2.27. The van der Waals surface area contributed by atoms with Crippen molar-refractivity contribution in [3.8, 4) is 5.88 Å². The predicted molar refractivity (Wildman–Crippen MR) is 138 cm³/mol. The number of anilines is 2. The fourth-order valence-corrected chi connectivity index (χ4v) is 5.52. The first kappa shape index (κ1) is 23.6. The number of methoxy groups -OCH3 is 1.